The summed E-state index contributed by atoms with van der Waals surface area (Å²) >= 11 is 0. The maximum Gasteiger partial charge on any atom is 0.345 e. The first-order valence-corrected chi connectivity index (χ1v) is 8.78. The number of nitro groups is 1. The van der Waals surface area contributed by atoms with Crippen LogP contribution in [0.4, 0.5) is 5.69 Å². The number of fused-ring (bicyclic) bond motifs is 1. The number of ether oxygens (including phenoxy) is 1. The number of carbonyl (C=O) groups is 2. The maximum absolute atomic E-state index is 12.5. The molecule has 2 atom stereocenters. The minimum Gasteiger partial charge on any atom is -0.452 e. The van der Waals surface area contributed by atoms with Crippen molar-refractivity contribution in [3.05, 3.63) is 39.9 Å². The van der Waals surface area contributed by atoms with E-state index in [1.54, 1.807) is 0 Å². The summed E-state index contributed by atoms with van der Waals surface area (Å²) < 4.78 is 5.08. The van der Waals surface area contributed by atoms with Crippen molar-refractivity contribution < 1.29 is 19.2 Å². The van der Waals surface area contributed by atoms with E-state index in [9.17, 15) is 19.7 Å². The van der Waals surface area contributed by atoms with E-state index in [-0.39, 0.29) is 29.8 Å². The predicted octanol–water partition coefficient (Wildman–Crippen LogP) is 2.93. The summed E-state index contributed by atoms with van der Waals surface area (Å²) in [7, 11) is 0. The SMILES string of the molecule is O=C(OCC(=O)N1CCC[C@@H]2CCCC[C@@H]21)c1ccccc1[N+](=O)[O-]. The molecular weight excluding hydrogens is 324 g/mol. The van der Waals surface area contributed by atoms with Crippen molar-refractivity contribution in [2.75, 3.05) is 13.2 Å². The van der Waals surface area contributed by atoms with Crippen LogP contribution in [0.25, 0.3) is 0 Å². The van der Waals surface area contributed by atoms with Crippen molar-refractivity contribution in [1.29, 1.82) is 0 Å². The molecule has 0 bridgehead atoms. The highest BCUT2D eigenvalue weighted by atomic mass is 16.6. The van der Waals surface area contributed by atoms with Gasteiger partial charge in [-0.3, -0.25) is 14.9 Å². The Bertz CT molecular complexity index is 673. The summed E-state index contributed by atoms with van der Waals surface area (Å²) in [4.78, 5) is 36.9. The smallest absolute Gasteiger partial charge is 0.345 e. The lowest BCUT2D eigenvalue weighted by Crippen LogP contribution is -2.50. The number of piperidine rings is 1. The average molecular weight is 346 g/mol. The third-order valence-corrected chi connectivity index (χ3v) is 5.21. The molecule has 0 aromatic heterocycles. The minimum atomic E-state index is -0.835. The van der Waals surface area contributed by atoms with Gasteiger partial charge in [0.1, 0.15) is 5.56 Å². The van der Waals surface area contributed by atoms with Crippen molar-refractivity contribution >= 4 is 17.6 Å². The predicted molar refractivity (Wildman–Crippen MR) is 90.1 cm³/mol. The summed E-state index contributed by atoms with van der Waals surface area (Å²) in [6.45, 7) is 0.330. The number of carbonyl (C=O) groups excluding carboxylic acids is 2. The Balaban J connectivity index is 1.62. The molecule has 1 aliphatic carbocycles. The standard InChI is InChI=1S/C18H22N2O5/c21-17(19-11-5-7-13-6-1-3-9-15(13)19)12-25-18(22)14-8-2-4-10-16(14)20(23)24/h2,4,8,10,13,15H,1,3,5-7,9,11-12H2/t13-,15-/m0/s1. The highest BCUT2D eigenvalue weighted by molar-refractivity contribution is 5.95. The van der Waals surface area contributed by atoms with Gasteiger partial charge in [-0.2, -0.15) is 0 Å². The van der Waals surface area contributed by atoms with Gasteiger partial charge in [0.2, 0.25) is 0 Å². The molecule has 1 saturated heterocycles. The van der Waals surface area contributed by atoms with Crippen molar-refractivity contribution in [3.8, 4) is 0 Å². The molecule has 7 heteroatoms. The van der Waals surface area contributed by atoms with E-state index in [1.807, 2.05) is 4.90 Å². The normalized spacial score (nSPS) is 22.8. The van der Waals surface area contributed by atoms with E-state index in [0.717, 1.165) is 32.1 Å². The Labute approximate surface area is 146 Å². The molecule has 1 aromatic rings. The molecule has 2 fully saturated rings. The third-order valence-electron chi connectivity index (χ3n) is 5.21. The molecule has 1 heterocycles. The quantitative estimate of drug-likeness (QED) is 0.475. The zero-order chi connectivity index (χ0) is 17.8. The molecule has 2 aliphatic rings. The fraction of sp³-hybridized carbons (Fsp3) is 0.556. The van der Waals surface area contributed by atoms with Crippen LogP contribution in [0.3, 0.4) is 0 Å². The van der Waals surface area contributed by atoms with Crippen LogP contribution in [0.15, 0.2) is 24.3 Å². The minimum absolute atomic E-state index is 0.130. The molecule has 25 heavy (non-hydrogen) atoms. The van der Waals surface area contributed by atoms with Crippen LogP contribution in [0, 0.1) is 16.0 Å². The summed E-state index contributed by atoms with van der Waals surface area (Å²) in [5.74, 6) is -0.487. The summed E-state index contributed by atoms with van der Waals surface area (Å²) in [5.41, 5.74) is -0.445. The highest BCUT2D eigenvalue weighted by Crippen LogP contribution is 2.35. The Morgan fingerprint density at radius 2 is 1.88 bits per heavy atom. The molecule has 3 rings (SSSR count). The lowest BCUT2D eigenvalue weighted by atomic mass is 9.78. The first-order valence-electron chi connectivity index (χ1n) is 8.78. The van der Waals surface area contributed by atoms with Gasteiger partial charge >= 0.3 is 5.97 Å². The Kier molecular flexibility index (Phi) is 5.31. The number of esters is 1. The maximum atomic E-state index is 12.5. The lowest BCUT2D eigenvalue weighted by molar-refractivity contribution is -0.385. The van der Waals surface area contributed by atoms with Crippen LogP contribution in [-0.4, -0.2) is 40.9 Å². The number of benzene rings is 1. The molecule has 1 saturated carbocycles. The fourth-order valence-corrected chi connectivity index (χ4v) is 4.03. The van der Waals surface area contributed by atoms with Gasteiger partial charge in [0.15, 0.2) is 6.61 Å². The summed E-state index contributed by atoms with van der Waals surface area (Å²) in [6, 6.07) is 5.85. The van der Waals surface area contributed by atoms with Gasteiger partial charge < -0.3 is 9.64 Å². The second-order valence-electron chi connectivity index (χ2n) is 6.69. The largest absolute Gasteiger partial charge is 0.452 e. The number of hydrogen-bond acceptors (Lipinski definition) is 5. The Hall–Kier alpha value is -2.44. The van der Waals surface area contributed by atoms with Gasteiger partial charge in [-0.1, -0.05) is 25.0 Å². The second-order valence-corrected chi connectivity index (χ2v) is 6.69. The van der Waals surface area contributed by atoms with Crippen molar-refractivity contribution in [2.24, 2.45) is 5.92 Å². The first kappa shape index (κ1) is 17.4. The first-order chi connectivity index (χ1) is 12.1. The van der Waals surface area contributed by atoms with Crippen molar-refractivity contribution in [3.63, 3.8) is 0 Å². The van der Waals surface area contributed by atoms with Crippen LogP contribution in [0.2, 0.25) is 0 Å². The Morgan fingerprint density at radius 1 is 1.16 bits per heavy atom. The molecule has 0 unspecified atom stereocenters. The number of para-hydroxylation sites is 1. The zero-order valence-corrected chi connectivity index (χ0v) is 14.1. The summed E-state index contributed by atoms with van der Waals surface area (Å²) in [6.07, 6.45) is 6.64. The molecule has 1 aliphatic heterocycles. The van der Waals surface area contributed by atoms with E-state index in [2.05, 4.69) is 0 Å². The second kappa shape index (κ2) is 7.63. The number of nitrogens with zero attached hydrogens (tertiary/aromatic N) is 2. The third kappa shape index (κ3) is 3.81. The van der Waals surface area contributed by atoms with Crippen LogP contribution in [-0.2, 0) is 9.53 Å². The monoisotopic (exact) mass is 346 g/mol. The number of amides is 1. The van der Waals surface area contributed by atoms with E-state index < -0.39 is 10.9 Å². The van der Waals surface area contributed by atoms with Gasteiger partial charge in [-0.25, -0.2) is 4.79 Å². The van der Waals surface area contributed by atoms with Gasteiger partial charge in [0.25, 0.3) is 11.6 Å². The molecule has 134 valence electrons. The number of nitro benzene ring substituents is 1. The van der Waals surface area contributed by atoms with E-state index in [0.29, 0.717) is 12.5 Å². The van der Waals surface area contributed by atoms with Crippen LogP contribution < -0.4 is 0 Å². The number of rotatable bonds is 4. The van der Waals surface area contributed by atoms with Crippen molar-refractivity contribution in [2.45, 2.75) is 44.6 Å². The topological polar surface area (TPSA) is 89.8 Å². The highest BCUT2D eigenvalue weighted by Gasteiger charge is 2.36. The zero-order valence-electron chi connectivity index (χ0n) is 14.1. The van der Waals surface area contributed by atoms with Crippen LogP contribution >= 0.6 is 0 Å². The van der Waals surface area contributed by atoms with E-state index in [4.69, 9.17) is 4.74 Å². The van der Waals surface area contributed by atoms with Crippen molar-refractivity contribution in [1.82, 2.24) is 4.90 Å². The molecular formula is C18H22N2O5. The Morgan fingerprint density at radius 3 is 2.68 bits per heavy atom. The van der Waals surface area contributed by atoms with Crippen LogP contribution in [0.1, 0.15) is 48.9 Å². The molecule has 0 spiro atoms. The molecule has 0 N–H and O–H groups in total. The molecule has 1 amide bonds. The fourth-order valence-electron chi connectivity index (χ4n) is 4.03. The molecule has 1 aromatic carbocycles. The van der Waals surface area contributed by atoms with Gasteiger partial charge in [-0.05, 0) is 37.7 Å². The average Bonchev–Trinajstić information content (AvgIpc) is 2.65. The summed E-state index contributed by atoms with van der Waals surface area (Å²) in [5, 5.41) is 11.0. The van der Waals surface area contributed by atoms with Gasteiger partial charge in [-0.15, -0.1) is 0 Å². The molecule has 0 radical (unpaired) electrons. The van der Waals surface area contributed by atoms with Gasteiger partial charge in [0, 0.05) is 18.7 Å². The lowest BCUT2D eigenvalue weighted by Gasteiger charge is -2.44. The number of hydrogen-bond donors (Lipinski definition) is 0. The van der Waals surface area contributed by atoms with Gasteiger partial charge in [0.05, 0.1) is 4.92 Å². The van der Waals surface area contributed by atoms with E-state index in [1.165, 1.54) is 30.7 Å². The molecule has 7 nitrogen and oxygen atoms in total. The van der Waals surface area contributed by atoms with E-state index >= 15 is 0 Å². The number of likely N-dealkylation sites (tertiary alicyclic amines) is 1. The van der Waals surface area contributed by atoms with Crippen LogP contribution in [0.5, 0.6) is 0 Å².